The van der Waals surface area contributed by atoms with Gasteiger partial charge in [-0.2, -0.15) is 4.98 Å². The maximum absolute atomic E-state index is 13.5. The van der Waals surface area contributed by atoms with Gasteiger partial charge in [0.25, 0.3) is 0 Å². The number of carbonyl (C=O) groups is 2. The zero-order valence-electron chi connectivity index (χ0n) is 13.7. The molecule has 0 aliphatic carbocycles. The zero-order chi connectivity index (χ0) is 18.6. The average molecular weight is 355 g/mol. The van der Waals surface area contributed by atoms with E-state index in [9.17, 15) is 18.8 Å². The van der Waals surface area contributed by atoms with Crippen LogP contribution in [0.15, 0.2) is 23.1 Å². The Kier molecular flexibility index (Phi) is 5.86. The summed E-state index contributed by atoms with van der Waals surface area (Å²) in [5, 5.41) is 0. The lowest BCUT2D eigenvalue weighted by atomic mass is 10.3. The summed E-state index contributed by atoms with van der Waals surface area (Å²) in [6.45, 7) is 2.72. The van der Waals surface area contributed by atoms with Gasteiger partial charge in [-0.25, -0.2) is 14.0 Å². The first-order valence-corrected chi connectivity index (χ1v) is 7.53. The van der Waals surface area contributed by atoms with Crippen LogP contribution in [0.5, 0.6) is 0 Å². The lowest BCUT2D eigenvalue weighted by molar-refractivity contribution is -0.169. The van der Waals surface area contributed by atoms with E-state index in [2.05, 4.69) is 4.98 Å². The molecule has 0 saturated heterocycles. The third-order valence-corrected chi connectivity index (χ3v) is 3.34. The van der Waals surface area contributed by atoms with Gasteiger partial charge < -0.3 is 19.9 Å². The molecule has 0 saturated carbocycles. The van der Waals surface area contributed by atoms with E-state index in [0.29, 0.717) is 0 Å². The molecule has 0 amide bonds. The molecule has 0 aromatic carbocycles. The second-order valence-corrected chi connectivity index (χ2v) is 5.25. The van der Waals surface area contributed by atoms with Crippen LogP contribution in [0, 0.1) is 5.82 Å². The van der Waals surface area contributed by atoms with E-state index >= 15 is 0 Å². The van der Waals surface area contributed by atoms with Crippen molar-refractivity contribution in [2.24, 2.45) is 0 Å². The standard InChI is InChI=1S/C15H18FN3O6/c1-3-11(24-8(2)20)14(21)23-7-9-4-5-12(25-9)19-6-10(16)13(17)18-15(19)22/h4-6,9,11-12H,3,7H2,1-2H3,(H2,17,18,22)/t9-,11?,12+/m0/s1. The molecule has 0 spiro atoms. The molecule has 1 aliphatic heterocycles. The first-order chi connectivity index (χ1) is 11.8. The molecule has 136 valence electrons. The normalized spacial score (nSPS) is 20.3. The molecule has 1 aromatic rings. The summed E-state index contributed by atoms with van der Waals surface area (Å²) in [4.78, 5) is 37.8. The van der Waals surface area contributed by atoms with Gasteiger partial charge in [0.05, 0.1) is 6.20 Å². The van der Waals surface area contributed by atoms with Crippen LogP contribution in [0.25, 0.3) is 0 Å². The summed E-state index contributed by atoms with van der Waals surface area (Å²) >= 11 is 0. The predicted octanol–water partition coefficient (Wildman–Crippen LogP) is 0.303. The molecule has 25 heavy (non-hydrogen) atoms. The van der Waals surface area contributed by atoms with Crippen LogP contribution >= 0.6 is 0 Å². The molecule has 2 rings (SSSR count). The number of halogens is 1. The largest absolute Gasteiger partial charge is 0.460 e. The highest BCUT2D eigenvalue weighted by Gasteiger charge is 2.26. The van der Waals surface area contributed by atoms with E-state index in [-0.39, 0.29) is 13.0 Å². The maximum atomic E-state index is 13.5. The number of nitrogen functional groups attached to an aromatic ring is 1. The fraction of sp³-hybridized carbons (Fsp3) is 0.467. The van der Waals surface area contributed by atoms with Crippen LogP contribution in [-0.2, 0) is 23.8 Å². The Morgan fingerprint density at radius 2 is 2.20 bits per heavy atom. The van der Waals surface area contributed by atoms with Crippen molar-refractivity contribution in [2.45, 2.75) is 38.7 Å². The maximum Gasteiger partial charge on any atom is 0.352 e. The van der Waals surface area contributed by atoms with Crippen LogP contribution in [0.4, 0.5) is 10.2 Å². The van der Waals surface area contributed by atoms with Crippen molar-refractivity contribution in [1.29, 1.82) is 0 Å². The van der Waals surface area contributed by atoms with E-state index in [0.717, 1.165) is 10.8 Å². The van der Waals surface area contributed by atoms with Gasteiger partial charge in [-0.05, 0) is 12.5 Å². The second kappa shape index (κ2) is 7.88. The molecule has 0 bridgehead atoms. The Labute approximate surface area is 142 Å². The van der Waals surface area contributed by atoms with Gasteiger partial charge in [0.15, 0.2) is 24.0 Å². The Hall–Kier alpha value is -2.75. The number of nitrogens with zero attached hydrogens (tertiary/aromatic N) is 2. The quantitative estimate of drug-likeness (QED) is 0.571. The minimum absolute atomic E-state index is 0.150. The Balaban J connectivity index is 1.93. The number of esters is 2. The highest BCUT2D eigenvalue weighted by Crippen LogP contribution is 2.20. The van der Waals surface area contributed by atoms with Crippen molar-refractivity contribution in [3.63, 3.8) is 0 Å². The van der Waals surface area contributed by atoms with Gasteiger partial charge in [-0.15, -0.1) is 0 Å². The van der Waals surface area contributed by atoms with Gasteiger partial charge in [-0.1, -0.05) is 13.0 Å². The number of hydrogen-bond donors (Lipinski definition) is 1. The molecule has 1 aliphatic rings. The lowest BCUT2D eigenvalue weighted by Gasteiger charge is -2.18. The summed E-state index contributed by atoms with van der Waals surface area (Å²) in [6, 6.07) is 0. The van der Waals surface area contributed by atoms with Gasteiger partial charge in [0.1, 0.15) is 12.7 Å². The predicted molar refractivity (Wildman–Crippen MR) is 82.7 cm³/mol. The van der Waals surface area contributed by atoms with Crippen molar-refractivity contribution < 1.29 is 28.2 Å². The van der Waals surface area contributed by atoms with Crippen LogP contribution < -0.4 is 11.4 Å². The van der Waals surface area contributed by atoms with Crippen LogP contribution in [0.1, 0.15) is 26.5 Å². The number of rotatable bonds is 6. The summed E-state index contributed by atoms with van der Waals surface area (Å²) in [6.07, 6.45) is 1.70. The Bertz CT molecular complexity index is 747. The molecule has 0 radical (unpaired) electrons. The van der Waals surface area contributed by atoms with Crippen molar-refractivity contribution in [3.05, 3.63) is 34.7 Å². The monoisotopic (exact) mass is 355 g/mol. The molecule has 1 aromatic heterocycles. The molecule has 9 nitrogen and oxygen atoms in total. The number of carbonyl (C=O) groups excluding carboxylic acids is 2. The molecule has 2 heterocycles. The van der Waals surface area contributed by atoms with E-state index in [1.54, 1.807) is 13.0 Å². The molecular weight excluding hydrogens is 337 g/mol. The van der Waals surface area contributed by atoms with Crippen LogP contribution in [0.3, 0.4) is 0 Å². The van der Waals surface area contributed by atoms with Crippen molar-refractivity contribution >= 4 is 17.8 Å². The molecule has 2 N–H and O–H groups in total. The lowest BCUT2D eigenvalue weighted by Crippen LogP contribution is -2.31. The van der Waals surface area contributed by atoms with Crippen LogP contribution in [0.2, 0.25) is 0 Å². The molecule has 1 unspecified atom stereocenters. The first-order valence-electron chi connectivity index (χ1n) is 7.53. The number of aromatic nitrogens is 2. The molecule has 3 atom stereocenters. The van der Waals surface area contributed by atoms with E-state index in [1.165, 1.54) is 13.0 Å². The highest BCUT2D eigenvalue weighted by atomic mass is 19.1. The molecule has 0 fully saturated rings. The number of ether oxygens (including phenoxy) is 3. The van der Waals surface area contributed by atoms with Gasteiger partial charge in [-0.3, -0.25) is 9.36 Å². The van der Waals surface area contributed by atoms with E-state index < -0.39 is 47.7 Å². The van der Waals surface area contributed by atoms with Crippen molar-refractivity contribution in [1.82, 2.24) is 9.55 Å². The number of anilines is 1. The van der Waals surface area contributed by atoms with Crippen molar-refractivity contribution in [2.75, 3.05) is 12.3 Å². The van der Waals surface area contributed by atoms with Crippen molar-refractivity contribution in [3.8, 4) is 0 Å². The smallest absolute Gasteiger partial charge is 0.352 e. The summed E-state index contributed by atoms with van der Waals surface area (Å²) in [5.41, 5.74) is 4.45. The molecule has 10 heteroatoms. The minimum Gasteiger partial charge on any atom is -0.460 e. The Morgan fingerprint density at radius 1 is 1.48 bits per heavy atom. The third kappa shape index (κ3) is 4.63. The minimum atomic E-state index is -0.989. The summed E-state index contributed by atoms with van der Waals surface area (Å²) in [5.74, 6) is -2.63. The fourth-order valence-corrected chi connectivity index (χ4v) is 2.14. The average Bonchev–Trinajstić information content (AvgIpc) is 3.02. The van der Waals surface area contributed by atoms with Crippen LogP contribution in [-0.4, -0.2) is 40.3 Å². The van der Waals surface area contributed by atoms with Gasteiger partial charge in [0, 0.05) is 6.92 Å². The highest BCUT2D eigenvalue weighted by molar-refractivity contribution is 5.78. The number of nitrogens with two attached hydrogens (primary N) is 1. The summed E-state index contributed by atoms with van der Waals surface area (Å²) < 4.78 is 29.7. The SMILES string of the molecule is CCC(OC(C)=O)C(=O)OC[C@@H]1C=C[C@H](n2cc(F)c(N)nc2=O)O1. The molecular formula is C15H18FN3O6. The van der Waals surface area contributed by atoms with Gasteiger partial charge >= 0.3 is 17.6 Å². The Morgan fingerprint density at radius 3 is 2.84 bits per heavy atom. The third-order valence-electron chi connectivity index (χ3n) is 3.34. The van der Waals surface area contributed by atoms with E-state index in [4.69, 9.17) is 19.9 Å². The topological polar surface area (TPSA) is 123 Å². The van der Waals surface area contributed by atoms with E-state index in [1.807, 2.05) is 0 Å². The number of hydrogen-bond acceptors (Lipinski definition) is 8. The second-order valence-electron chi connectivity index (χ2n) is 5.25. The fourth-order valence-electron chi connectivity index (χ4n) is 2.14. The first kappa shape index (κ1) is 18.6. The zero-order valence-corrected chi connectivity index (χ0v) is 13.7. The van der Waals surface area contributed by atoms with Gasteiger partial charge in [0.2, 0.25) is 0 Å². The summed E-state index contributed by atoms with van der Waals surface area (Å²) in [7, 11) is 0.